The number of H-pyrrole nitrogens is 2. The predicted molar refractivity (Wildman–Crippen MR) is 139 cm³/mol. The van der Waals surface area contributed by atoms with Crippen LogP contribution in [0, 0.1) is 5.82 Å². The molecule has 0 aliphatic heterocycles. The smallest absolute Gasteiger partial charge is 0.243 e. The van der Waals surface area contributed by atoms with Crippen molar-refractivity contribution in [2.45, 2.75) is 6.54 Å². The van der Waals surface area contributed by atoms with Crippen LogP contribution < -0.4 is 9.29 Å². The first-order valence-electron chi connectivity index (χ1n) is 11.6. The molecule has 6 rings (SSSR count). The van der Waals surface area contributed by atoms with Gasteiger partial charge in [-0.15, -0.1) is 0 Å². The Morgan fingerprint density at radius 2 is 1.97 bits per heavy atom. The second-order valence-electron chi connectivity index (χ2n) is 9.20. The number of imidazole rings is 2. The molecule has 5 aromatic heterocycles. The number of hydrogen-bond acceptors (Lipinski definition) is 6. The zero-order valence-corrected chi connectivity index (χ0v) is 21.5. The number of aromatic nitrogens is 8. The summed E-state index contributed by atoms with van der Waals surface area (Å²) >= 11 is 0. The fourth-order valence-corrected chi connectivity index (χ4v) is 4.94. The third-order valence-electron chi connectivity index (χ3n) is 6.20. The molecule has 0 atom stereocenters. The van der Waals surface area contributed by atoms with Gasteiger partial charge >= 0.3 is 0 Å². The van der Waals surface area contributed by atoms with Gasteiger partial charge in [-0.2, -0.15) is 5.10 Å². The Labute approximate surface area is 216 Å². The van der Waals surface area contributed by atoms with Crippen LogP contribution >= 0.6 is 0 Å². The molecule has 1 aromatic carbocycles. The summed E-state index contributed by atoms with van der Waals surface area (Å²) < 4.78 is 43.8. The van der Waals surface area contributed by atoms with E-state index in [1.807, 2.05) is 41.8 Å². The zero-order chi connectivity index (χ0) is 26.6. The first-order chi connectivity index (χ1) is 18.1. The lowest BCUT2D eigenvalue weighted by molar-refractivity contribution is -0.670. The molecule has 0 fully saturated rings. The van der Waals surface area contributed by atoms with Crippen LogP contribution in [0.5, 0.6) is 0 Å². The SMILES string of the molecule is Cn1c[n+](C)cc1-c1cc2c(-c3nc4c(-c5cc(F)cc(CNS(C)(=O)=O)c5)cncc4[nH]3)n[nH]c2cn1. The number of pyridine rings is 2. The predicted octanol–water partition coefficient (Wildman–Crippen LogP) is 2.58. The Kier molecular flexibility index (Phi) is 5.54. The quantitative estimate of drug-likeness (QED) is 0.282. The Morgan fingerprint density at radius 3 is 2.74 bits per heavy atom. The molecule has 0 aliphatic rings. The largest absolute Gasteiger partial charge is 0.335 e. The van der Waals surface area contributed by atoms with E-state index in [4.69, 9.17) is 4.98 Å². The maximum absolute atomic E-state index is 14.5. The third kappa shape index (κ3) is 4.41. The lowest BCUT2D eigenvalue weighted by Crippen LogP contribution is -2.23. The van der Waals surface area contributed by atoms with E-state index >= 15 is 0 Å². The van der Waals surface area contributed by atoms with Crippen molar-refractivity contribution in [3.05, 3.63) is 66.8 Å². The Bertz CT molecular complexity index is 1960. The van der Waals surface area contributed by atoms with Crippen LogP contribution in [-0.2, 0) is 30.7 Å². The first kappa shape index (κ1) is 23.9. The number of sulfonamides is 1. The molecule has 11 nitrogen and oxygen atoms in total. The van der Waals surface area contributed by atoms with Gasteiger partial charge < -0.3 is 4.98 Å². The van der Waals surface area contributed by atoms with Crippen molar-refractivity contribution in [2.75, 3.05) is 6.26 Å². The molecular formula is C25H23FN9O2S+. The van der Waals surface area contributed by atoms with E-state index < -0.39 is 15.8 Å². The van der Waals surface area contributed by atoms with Crippen LogP contribution in [-0.4, -0.2) is 49.4 Å². The van der Waals surface area contributed by atoms with Crippen molar-refractivity contribution in [3.63, 3.8) is 0 Å². The fraction of sp³-hybridized carbons (Fsp3) is 0.160. The van der Waals surface area contributed by atoms with Crippen LogP contribution in [0.1, 0.15) is 5.56 Å². The van der Waals surface area contributed by atoms with E-state index in [2.05, 4.69) is 29.9 Å². The summed E-state index contributed by atoms with van der Waals surface area (Å²) in [6.07, 6.45) is 10.00. The maximum Gasteiger partial charge on any atom is 0.243 e. The minimum Gasteiger partial charge on any atom is -0.335 e. The van der Waals surface area contributed by atoms with Crippen LogP contribution in [0.2, 0.25) is 0 Å². The highest BCUT2D eigenvalue weighted by atomic mass is 32.2. The number of halogens is 1. The molecule has 0 radical (unpaired) electrons. The topological polar surface area (TPSA) is 138 Å². The summed E-state index contributed by atoms with van der Waals surface area (Å²) in [5.74, 6) is 0.0263. The summed E-state index contributed by atoms with van der Waals surface area (Å²) in [6.45, 7) is -0.0341. The average molecular weight is 533 g/mol. The normalized spacial score (nSPS) is 12.1. The van der Waals surface area contributed by atoms with Gasteiger partial charge in [0.2, 0.25) is 16.4 Å². The molecule has 38 heavy (non-hydrogen) atoms. The number of hydrogen-bond donors (Lipinski definition) is 3. The molecule has 0 spiro atoms. The van der Waals surface area contributed by atoms with E-state index in [9.17, 15) is 12.8 Å². The summed E-state index contributed by atoms with van der Waals surface area (Å²) in [4.78, 5) is 17.0. The monoisotopic (exact) mass is 532 g/mol. The number of fused-ring (bicyclic) bond motifs is 2. The summed E-state index contributed by atoms with van der Waals surface area (Å²) in [7, 11) is 0.484. The maximum atomic E-state index is 14.5. The lowest BCUT2D eigenvalue weighted by Gasteiger charge is -2.07. The second kappa shape index (κ2) is 8.82. The number of aryl methyl sites for hydroxylation is 2. The first-order valence-corrected chi connectivity index (χ1v) is 13.5. The number of benzene rings is 1. The van der Waals surface area contributed by atoms with Gasteiger partial charge in [0.1, 0.15) is 23.4 Å². The number of rotatable bonds is 6. The van der Waals surface area contributed by atoms with E-state index in [0.29, 0.717) is 39.2 Å². The van der Waals surface area contributed by atoms with E-state index in [0.717, 1.165) is 28.5 Å². The molecular weight excluding hydrogens is 509 g/mol. The molecule has 0 unspecified atom stereocenters. The molecule has 13 heteroatoms. The Balaban J connectivity index is 1.44. The number of nitrogens with one attached hydrogen (secondary N) is 3. The second-order valence-corrected chi connectivity index (χ2v) is 11.0. The molecule has 0 aliphatic carbocycles. The highest BCUT2D eigenvalue weighted by molar-refractivity contribution is 7.88. The van der Waals surface area contributed by atoms with Crippen molar-refractivity contribution in [2.24, 2.45) is 14.1 Å². The van der Waals surface area contributed by atoms with Crippen molar-refractivity contribution < 1.29 is 17.4 Å². The molecule has 0 saturated carbocycles. The number of nitrogens with zero attached hydrogens (tertiary/aromatic N) is 6. The standard InChI is InChI=1S/C25H23FN9O2S/c1-34-12-22(35(2)13-34)19-7-17-20(11-28-19)32-33-24(17)25-30-21-10-27-9-18(23(21)31-25)15-4-14(5-16(26)6-15)8-29-38(3,36)37/h4-7,9-13,29H,8H2,1-3H3,(H,30,31)(H,32,33)/q+1. The van der Waals surface area contributed by atoms with Gasteiger partial charge in [0.25, 0.3) is 0 Å². The molecule has 192 valence electrons. The van der Waals surface area contributed by atoms with Crippen molar-refractivity contribution in [1.29, 1.82) is 0 Å². The minimum absolute atomic E-state index is 0.0341. The van der Waals surface area contributed by atoms with Crippen LogP contribution in [0.15, 0.2) is 55.4 Å². The molecule has 0 saturated heterocycles. The van der Waals surface area contributed by atoms with E-state index in [1.165, 1.54) is 12.1 Å². The minimum atomic E-state index is -3.43. The van der Waals surface area contributed by atoms with Gasteiger partial charge in [-0.1, -0.05) is 0 Å². The van der Waals surface area contributed by atoms with Crippen LogP contribution in [0.25, 0.3) is 56.0 Å². The van der Waals surface area contributed by atoms with Gasteiger partial charge in [0.15, 0.2) is 11.5 Å². The van der Waals surface area contributed by atoms with Gasteiger partial charge in [0, 0.05) is 23.7 Å². The highest BCUT2D eigenvalue weighted by Crippen LogP contribution is 2.32. The van der Waals surface area contributed by atoms with Crippen molar-refractivity contribution in [1.82, 2.24) is 39.4 Å². The fourth-order valence-electron chi connectivity index (χ4n) is 4.52. The number of aromatic amines is 2. The molecule has 3 N–H and O–H groups in total. The van der Waals surface area contributed by atoms with Gasteiger partial charge in [-0.05, 0) is 35.4 Å². The van der Waals surface area contributed by atoms with Gasteiger partial charge in [-0.25, -0.2) is 36.6 Å². The summed E-state index contributed by atoms with van der Waals surface area (Å²) in [6, 6.07) is 6.34. The van der Waals surface area contributed by atoms with Crippen molar-refractivity contribution >= 4 is 32.0 Å². The van der Waals surface area contributed by atoms with Gasteiger partial charge in [0.05, 0.1) is 49.3 Å². The molecule has 0 bridgehead atoms. The summed E-state index contributed by atoms with van der Waals surface area (Å²) in [5.41, 5.74) is 5.95. The van der Waals surface area contributed by atoms with Crippen molar-refractivity contribution in [3.8, 4) is 34.0 Å². The van der Waals surface area contributed by atoms with E-state index in [-0.39, 0.29) is 6.54 Å². The third-order valence-corrected chi connectivity index (χ3v) is 6.87. The Hall–Kier alpha value is -4.49. The summed E-state index contributed by atoms with van der Waals surface area (Å²) in [5, 5.41) is 8.34. The van der Waals surface area contributed by atoms with Crippen LogP contribution in [0.4, 0.5) is 4.39 Å². The van der Waals surface area contributed by atoms with E-state index in [1.54, 1.807) is 24.7 Å². The molecule has 5 heterocycles. The van der Waals surface area contributed by atoms with Crippen LogP contribution in [0.3, 0.4) is 0 Å². The highest BCUT2D eigenvalue weighted by Gasteiger charge is 2.19. The molecule has 0 amide bonds. The molecule has 6 aromatic rings. The zero-order valence-electron chi connectivity index (χ0n) is 20.7. The lowest BCUT2D eigenvalue weighted by atomic mass is 10.0. The average Bonchev–Trinajstić information content (AvgIpc) is 3.57. The Morgan fingerprint density at radius 1 is 1.13 bits per heavy atom. The van der Waals surface area contributed by atoms with Gasteiger partial charge in [-0.3, -0.25) is 10.1 Å².